The van der Waals surface area contributed by atoms with Crippen molar-refractivity contribution in [3.8, 4) is 0 Å². The van der Waals surface area contributed by atoms with Gasteiger partial charge in [0.2, 0.25) is 0 Å². The van der Waals surface area contributed by atoms with Crippen molar-refractivity contribution in [2.24, 2.45) is 5.73 Å². The van der Waals surface area contributed by atoms with Gasteiger partial charge in [0.15, 0.2) is 0 Å². The van der Waals surface area contributed by atoms with Crippen LogP contribution in [0.2, 0.25) is 0 Å². The van der Waals surface area contributed by atoms with Crippen LogP contribution in [0.4, 0.5) is 0 Å². The second kappa shape index (κ2) is 3.63. The van der Waals surface area contributed by atoms with E-state index >= 15 is 0 Å². The topological polar surface area (TPSA) is 80.5 Å². The Morgan fingerprint density at radius 2 is 2.54 bits per heavy atom. The molecule has 1 unspecified atom stereocenters. The summed E-state index contributed by atoms with van der Waals surface area (Å²) >= 11 is 1.60. The number of aromatic nitrogens is 4. The molecule has 0 amide bonds. The molecule has 0 spiro atoms. The van der Waals surface area contributed by atoms with Gasteiger partial charge in [-0.05, 0) is 0 Å². The Morgan fingerprint density at radius 3 is 3.15 bits per heavy atom. The maximum absolute atomic E-state index is 5.88. The molecule has 5 nitrogen and oxygen atoms in total. The number of nitrogens with zero attached hydrogens (tertiary/aromatic N) is 3. The molecule has 2 rings (SSSR count). The van der Waals surface area contributed by atoms with Gasteiger partial charge in [-0.1, -0.05) is 0 Å². The molecule has 0 aliphatic heterocycles. The largest absolute Gasteiger partial charge is 0.321 e. The first-order valence-corrected chi connectivity index (χ1v) is 4.72. The lowest BCUT2D eigenvalue weighted by atomic mass is 10.2. The second-order valence-corrected chi connectivity index (χ2v) is 3.62. The number of rotatable bonds is 3. The van der Waals surface area contributed by atoms with E-state index in [1.54, 1.807) is 16.8 Å². The zero-order valence-electron chi connectivity index (χ0n) is 6.84. The molecular formula is C7H9N5S. The molecule has 68 valence electrons. The predicted octanol–water partition coefficient (Wildman–Crippen LogP) is 0.504. The lowest BCUT2D eigenvalue weighted by Crippen LogP contribution is -2.14. The van der Waals surface area contributed by atoms with E-state index in [1.807, 2.05) is 6.20 Å². The Kier molecular flexibility index (Phi) is 2.33. The van der Waals surface area contributed by atoms with Crippen molar-refractivity contribution in [1.29, 1.82) is 0 Å². The van der Waals surface area contributed by atoms with Crippen LogP contribution in [0.1, 0.15) is 16.7 Å². The van der Waals surface area contributed by atoms with Crippen LogP contribution in [0.25, 0.3) is 0 Å². The summed E-state index contributed by atoms with van der Waals surface area (Å²) in [5.41, 5.74) is 7.67. The number of thiazole rings is 1. The molecule has 0 saturated carbocycles. The molecule has 2 aromatic rings. The molecule has 0 radical (unpaired) electrons. The molecule has 0 saturated heterocycles. The van der Waals surface area contributed by atoms with Crippen molar-refractivity contribution in [2.45, 2.75) is 12.5 Å². The zero-order chi connectivity index (χ0) is 9.10. The van der Waals surface area contributed by atoms with Crippen LogP contribution in [0.5, 0.6) is 0 Å². The van der Waals surface area contributed by atoms with E-state index in [-0.39, 0.29) is 6.04 Å². The van der Waals surface area contributed by atoms with Gasteiger partial charge < -0.3 is 5.73 Å². The average Bonchev–Trinajstić information content (AvgIpc) is 2.74. The molecule has 13 heavy (non-hydrogen) atoms. The Bertz CT molecular complexity index is 341. The van der Waals surface area contributed by atoms with Crippen LogP contribution in [0.15, 0.2) is 18.0 Å². The van der Waals surface area contributed by atoms with Crippen LogP contribution in [-0.4, -0.2) is 20.2 Å². The first-order chi connectivity index (χ1) is 6.36. The minimum Gasteiger partial charge on any atom is -0.321 e. The number of H-pyrrole nitrogens is 1. The van der Waals surface area contributed by atoms with E-state index < -0.39 is 0 Å². The highest BCUT2D eigenvalue weighted by molar-refractivity contribution is 7.09. The highest BCUT2D eigenvalue weighted by Crippen LogP contribution is 2.14. The van der Waals surface area contributed by atoms with Gasteiger partial charge in [-0.25, -0.2) is 4.98 Å². The summed E-state index contributed by atoms with van der Waals surface area (Å²) in [5.74, 6) is 0.716. The van der Waals surface area contributed by atoms with Gasteiger partial charge in [-0.2, -0.15) is 5.10 Å². The molecule has 2 aromatic heterocycles. The molecule has 0 bridgehead atoms. The second-order valence-electron chi connectivity index (χ2n) is 2.65. The van der Waals surface area contributed by atoms with Crippen molar-refractivity contribution in [3.63, 3.8) is 0 Å². The maximum Gasteiger partial charge on any atom is 0.141 e. The fourth-order valence-corrected chi connectivity index (χ4v) is 1.70. The number of hydrogen-bond donors (Lipinski definition) is 2. The fourth-order valence-electron chi connectivity index (χ4n) is 1.05. The van der Waals surface area contributed by atoms with Gasteiger partial charge in [0, 0.05) is 17.5 Å². The van der Waals surface area contributed by atoms with Gasteiger partial charge in [0.05, 0.1) is 11.6 Å². The third kappa shape index (κ3) is 1.90. The summed E-state index contributed by atoms with van der Waals surface area (Å²) in [5, 5.41) is 6.49. The van der Waals surface area contributed by atoms with Crippen molar-refractivity contribution >= 4 is 11.3 Å². The fraction of sp³-hybridized carbons (Fsp3) is 0.286. The van der Waals surface area contributed by atoms with Gasteiger partial charge in [0.1, 0.15) is 12.2 Å². The molecular weight excluding hydrogens is 186 g/mol. The number of hydrogen-bond acceptors (Lipinski definition) is 5. The van der Waals surface area contributed by atoms with E-state index in [9.17, 15) is 0 Å². The average molecular weight is 195 g/mol. The molecule has 0 aromatic carbocycles. The Morgan fingerprint density at radius 1 is 1.62 bits per heavy atom. The highest BCUT2D eigenvalue weighted by Gasteiger charge is 2.10. The molecule has 0 aliphatic rings. The lowest BCUT2D eigenvalue weighted by molar-refractivity contribution is 0.676. The summed E-state index contributed by atoms with van der Waals surface area (Å²) in [6.45, 7) is 0. The molecule has 2 heterocycles. The van der Waals surface area contributed by atoms with Crippen LogP contribution in [-0.2, 0) is 6.42 Å². The monoisotopic (exact) mass is 195 g/mol. The number of nitrogens with one attached hydrogen (secondary N) is 1. The molecule has 1 atom stereocenters. The number of aromatic amines is 1. The van der Waals surface area contributed by atoms with E-state index in [0.717, 1.165) is 11.3 Å². The molecule has 0 fully saturated rings. The normalized spacial score (nSPS) is 13.0. The third-order valence-corrected chi connectivity index (χ3v) is 2.49. The van der Waals surface area contributed by atoms with Crippen LogP contribution >= 0.6 is 11.3 Å². The Labute approximate surface area is 79.0 Å². The third-order valence-electron chi connectivity index (χ3n) is 1.69. The minimum atomic E-state index is -0.122. The first-order valence-electron chi connectivity index (χ1n) is 3.84. The van der Waals surface area contributed by atoms with Crippen molar-refractivity contribution < 1.29 is 0 Å². The van der Waals surface area contributed by atoms with Crippen LogP contribution in [0.3, 0.4) is 0 Å². The highest BCUT2D eigenvalue weighted by atomic mass is 32.1. The number of nitrogens with two attached hydrogens (primary N) is 1. The summed E-state index contributed by atoms with van der Waals surface area (Å²) in [4.78, 5) is 9.12. The van der Waals surface area contributed by atoms with Gasteiger partial charge in [-0.15, -0.1) is 11.3 Å². The van der Waals surface area contributed by atoms with E-state index in [1.165, 1.54) is 6.33 Å². The smallest absolute Gasteiger partial charge is 0.141 e. The van der Waals surface area contributed by atoms with Crippen LogP contribution in [0, 0.1) is 0 Å². The van der Waals surface area contributed by atoms with Crippen molar-refractivity contribution in [2.75, 3.05) is 0 Å². The van der Waals surface area contributed by atoms with Crippen LogP contribution < -0.4 is 5.73 Å². The standard InChI is InChI=1S/C7H9N5S/c8-6(7-10-3-11-12-7)1-5-2-9-4-13-5/h2-4,6H,1,8H2,(H,10,11,12). The van der Waals surface area contributed by atoms with E-state index in [4.69, 9.17) is 5.73 Å². The summed E-state index contributed by atoms with van der Waals surface area (Å²) in [7, 11) is 0. The first kappa shape index (κ1) is 8.33. The molecule has 3 N–H and O–H groups in total. The molecule has 0 aliphatic carbocycles. The Balaban J connectivity index is 2.04. The molecule has 6 heteroatoms. The van der Waals surface area contributed by atoms with E-state index in [0.29, 0.717) is 5.82 Å². The van der Waals surface area contributed by atoms with Crippen molar-refractivity contribution in [3.05, 3.63) is 28.7 Å². The van der Waals surface area contributed by atoms with E-state index in [2.05, 4.69) is 20.2 Å². The SMILES string of the molecule is NC(Cc1cncs1)c1ncn[nH]1. The zero-order valence-corrected chi connectivity index (χ0v) is 7.66. The summed E-state index contributed by atoms with van der Waals surface area (Å²) < 4.78 is 0. The predicted molar refractivity (Wildman–Crippen MR) is 49.1 cm³/mol. The quantitative estimate of drug-likeness (QED) is 0.747. The van der Waals surface area contributed by atoms with Gasteiger partial charge >= 0.3 is 0 Å². The maximum atomic E-state index is 5.88. The summed E-state index contributed by atoms with van der Waals surface area (Å²) in [6, 6.07) is -0.122. The lowest BCUT2D eigenvalue weighted by Gasteiger charge is -2.04. The van der Waals surface area contributed by atoms with Gasteiger partial charge in [0.25, 0.3) is 0 Å². The Hall–Kier alpha value is -1.27. The van der Waals surface area contributed by atoms with Crippen molar-refractivity contribution in [1.82, 2.24) is 20.2 Å². The summed E-state index contributed by atoms with van der Waals surface area (Å²) in [6.07, 6.45) is 4.03. The minimum absolute atomic E-state index is 0.122. The van der Waals surface area contributed by atoms with Gasteiger partial charge in [-0.3, -0.25) is 10.1 Å².